The summed E-state index contributed by atoms with van der Waals surface area (Å²) in [6.45, 7) is 6.70. The molecule has 4 N–H and O–H groups in total. The fraction of sp³-hybridized carbons (Fsp3) is 0.833. The lowest BCUT2D eigenvalue weighted by Gasteiger charge is -2.32. The van der Waals surface area contributed by atoms with Crippen LogP contribution in [0.5, 0.6) is 0 Å². The number of carboxylic acid groups (broad SMARTS) is 1. The molecule has 1 rings (SSSR count). The Morgan fingerprint density at radius 1 is 1.56 bits per heavy atom. The number of carboxylic acids is 1. The van der Waals surface area contributed by atoms with Crippen LogP contribution in [0.25, 0.3) is 0 Å². The standard InChI is InChI=1S/C12H23N3O3/c1-12(2,8-4-5-15(3)6-8)7-14-10(16)9(13)11(17)18/h8-9H,4-7,13H2,1-3H3,(H,14,16)(H,17,18). The van der Waals surface area contributed by atoms with Gasteiger partial charge in [-0.05, 0) is 31.3 Å². The summed E-state index contributed by atoms with van der Waals surface area (Å²) in [5.74, 6) is -1.42. The van der Waals surface area contributed by atoms with Gasteiger partial charge in [0.05, 0.1) is 0 Å². The molecule has 0 radical (unpaired) electrons. The monoisotopic (exact) mass is 257 g/mol. The molecule has 104 valence electrons. The molecule has 0 aromatic heterocycles. The second kappa shape index (κ2) is 5.67. The molecule has 1 aliphatic heterocycles. The third-order valence-corrected chi connectivity index (χ3v) is 3.76. The first-order valence-corrected chi connectivity index (χ1v) is 6.18. The number of rotatable bonds is 5. The molecule has 1 aliphatic rings. The Kier molecular flexibility index (Phi) is 4.70. The van der Waals surface area contributed by atoms with Crippen LogP contribution in [-0.4, -0.2) is 54.6 Å². The smallest absolute Gasteiger partial charge is 0.330 e. The van der Waals surface area contributed by atoms with Gasteiger partial charge in [-0.2, -0.15) is 0 Å². The second-order valence-corrected chi connectivity index (χ2v) is 5.77. The summed E-state index contributed by atoms with van der Waals surface area (Å²) in [6.07, 6.45) is 1.10. The lowest BCUT2D eigenvalue weighted by atomic mass is 9.78. The molecule has 0 aliphatic carbocycles. The summed E-state index contributed by atoms with van der Waals surface area (Å²) in [7, 11) is 2.08. The summed E-state index contributed by atoms with van der Waals surface area (Å²) in [5, 5.41) is 11.3. The molecule has 0 aromatic rings. The molecule has 2 atom stereocenters. The molecule has 0 saturated carbocycles. The summed E-state index contributed by atoms with van der Waals surface area (Å²) in [5.41, 5.74) is 5.19. The maximum atomic E-state index is 11.5. The van der Waals surface area contributed by atoms with Gasteiger partial charge in [0.15, 0.2) is 6.04 Å². The van der Waals surface area contributed by atoms with E-state index in [2.05, 4.69) is 31.1 Å². The fourth-order valence-corrected chi connectivity index (χ4v) is 2.25. The van der Waals surface area contributed by atoms with Crippen molar-refractivity contribution in [2.45, 2.75) is 26.3 Å². The Hall–Kier alpha value is -1.14. The van der Waals surface area contributed by atoms with Gasteiger partial charge in [-0.15, -0.1) is 0 Å². The number of carbonyl (C=O) groups excluding carboxylic acids is 1. The highest BCUT2D eigenvalue weighted by atomic mass is 16.4. The van der Waals surface area contributed by atoms with Gasteiger partial charge in [-0.1, -0.05) is 13.8 Å². The zero-order chi connectivity index (χ0) is 13.9. The molecule has 6 nitrogen and oxygen atoms in total. The fourth-order valence-electron chi connectivity index (χ4n) is 2.25. The molecule has 1 heterocycles. The zero-order valence-electron chi connectivity index (χ0n) is 11.3. The molecule has 1 fully saturated rings. The Morgan fingerprint density at radius 3 is 2.61 bits per heavy atom. The molecule has 2 unspecified atom stereocenters. The topological polar surface area (TPSA) is 95.7 Å². The average molecular weight is 257 g/mol. The number of nitrogens with zero attached hydrogens (tertiary/aromatic N) is 1. The van der Waals surface area contributed by atoms with Crippen LogP contribution < -0.4 is 11.1 Å². The first kappa shape index (κ1) is 14.9. The number of carbonyl (C=O) groups is 2. The van der Waals surface area contributed by atoms with E-state index in [1.807, 2.05) is 0 Å². The van der Waals surface area contributed by atoms with E-state index in [0.717, 1.165) is 19.5 Å². The Labute approximate surface area is 108 Å². The number of hydrogen-bond acceptors (Lipinski definition) is 4. The summed E-state index contributed by atoms with van der Waals surface area (Å²) < 4.78 is 0. The number of nitrogens with two attached hydrogens (primary N) is 1. The predicted molar refractivity (Wildman–Crippen MR) is 68.0 cm³/mol. The summed E-state index contributed by atoms with van der Waals surface area (Å²) in [6, 6.07) is -1.48. The maximum absolute atomic E-state index is 11.5. The Bertz CT molecular complexity index is 331. The zero-order valence-corrected chi connectivity index (χ0v) is 11.3. The minimum Gasteiger partial charge on any atom is -0.480 e. The van der Waals surface area contributed by atoms with Gasteiger partial charge < -0.3 is 21.1 Å². The van der Waals surface area contributed by atoms with Gasteiger partial charge in [-0.25, -0.2) is 4.79 Å². The maximum Gasteiger partial charge on any atom is 0.330 e. The SMILES string of the molecule is CN1CCC(C(C)(C)CNC(=O)C(N)C(=O)O)C1. The van der Waals surface area contributed by atoms with Crippen molar-refractivity contribution in [2.75, 3.05) is 26.7 Å². The molecule has 0 spiro atoms. The van der Waals surface area contributed by atoms with Crippen LogP contribution in [0.15, 0.2) is 0 Å². The highest BCUT2D eigenvalue weighted by Crippen LogP contribution is 2.33. The number of hydrogen-bond donors (Lipinski definition) is 3. The van der Waals surface area contributed by atoms with E-state index >= 15 is 0 Å². The second-order valence-electron chi connectivity index (χ2n) is 5.77. The Morgan fingerprint density at radius 2 is 2.17 bits per heavy atom. The van der Waals surface area contributed by atoms with Gasteiger partial charge >= 0.3 is 5.97 Å². The minimum absolute atomic E-state index is 0.0569. The number of likely N-dealkylation sites (tertiary alicyclic amines) is 1. The third-order valence-electron chi connectivity index (χ3n) is 3.76. The van der Waals surface area contributed by atoms with E-state index in [1.165, 1.54) is 0 Å². The first-order valence-electron chi connectivity index (χ1n) is 6.18. The van der Waals surface area contributed by atoms with Crippen LogP contribution >= 0.6 is 0 Å². The van der Waals surface area contributed by atoms with Crippen molar-refractivity contribution >= 4 is 11.9 Å². The molecule has 0 bridgehead atoms. The molecular weight excluding hydrogens is 234 g/mol. The van der Waals surface area contributed by atoms with Crippen molar-refractivity contribution < 1.29 is 14.7 Å². The lowest BCUT2D eigenvalue weighted by Crippen LogP contribution is -2.49. The van der Waals surface area contributed by atoms with E-state index in [0.29, 0.717) is 12.5 Å². The van der Waals surface area contributed by atoms with E-state index < -0.39 is 17.9 Å². The van der Waals surface area contributed by atoms with Gasteiger partial charge in [0.2, 0.25) is 5.91 Å². The van der Waals surface area contributed by atoms with E-state index in [4.69, 9.17) is 10.8 Å². The van der Waals surface area contributed by atoms with Crippen molar-refractivity contribution in [3.8, 4) is 0 Å². The number of nitrogens with one attached hydrogen (secondary N) is 1. The van der Waals surface area contributed by atoms with Crippen molar-refractivity contribution in [1.29, 1.82) is 0 Å². The van der Waals surface area contributed by atoms with E-state index in [-0.39, 0.29) is 5.41 Å². The van der Waals surface area contributed by atoms with Crippen LogP contribution in [0, 0.1) is 11.3 Å². The molecular formula is C12H23N3O3. The number of aliphatic carboxylic acids is 1. The van der Waals surface area contributed by atoms with E-state index in [1.54, 1.807) is 0 Å². The molecule has 0 aromatic carbocycles. The molecule has 18 heavy (non-hydrogen) atoms. The van der Waals surface area contributed by atoms with Gasteiger partial charge in [0.1, 0.15) is 0 Å². The van der Waals surface area contributed by atoms with Gasteiger partial charge in [0, 0.05) is 13.1 Å². The normalized spacial score (nSPS) is 22.8. The third kappa shape index (κ3) is 3.68. The van der Waals surface area contributed by atoms with Crippen molar-refractivity contribution in [3.63, 3.8) is 0 Å². The predicted octanol–water partition coefficient (Wildman–Crippen LogP) is -0.508. The van der Waals surface area contributed by atoms with Crippen molar-refractivity contribution in [2.24, 2.45) is 17.1 Å². The van der Waals surface area contributed by atoms with Crippen molar-refractivity contribution in [3.05, 3.63) is 0 Å². The molecule has 1 amide bonds. The molecule has 1 saturated heterocycles. The highest BCUT2D eigenvalue weighted by Gasteiger charge is 2.34. The number of amides is 1. The summed E-state index contributed by atoms with van der Waals surface area (Å²) in [4.78, 5) is 24.3. The van der Waals surface area contributed by atoms with Crippen molar-refractivity contribution in [1.82, 2.24) is 10.2 Å². The summed E-state index contributed by atoms with van der Waals surface area (Å²) >= 11 is 0. The van der Waals surface area contributed by atoms with Crippen LogP contribution in [0.4, 0.5) is 0 Å². The largest absolute Gasteiger partial charge is 0.480 e. The quantitative estimate of drug-likeness (QED) is 0.577. The molecule has 6 heteroatoms. The van der Waals surface area contributed by atoms with Crippen LogP contribution in [-0.2, 0) is 9.59 Å². The van der Waals surface area contributed by atoms with Gasteiger partial charge in [-0.3, -0.25) is 4.79 Å². The van der Waals surface area contributed by atoms with Crippen LogP contribution in [0.2, 0.25) is 0 Å². The lowest BCUT2D eigenvalue weighted by molar-refractivity contribution is -0.142. The highest BCUT2D eigenvalue weighted by molar-refractivity contribution is 6.00. The first-order chi connectivity index (χ1) is 8.24. The van der Waals surface area contributed by atoms with Crippen LogP contribution in [0.3, 0.4) is 0 Å². The van der Waals surface area contributed by atoms with E-state index in [9.17, 15) is 9.59 Å². The average Bonchev–Trinajstić information content (AvgIpc) is 2.72. The van der Waals surface area contributed by atoms with Gasteiger partial charge in [0.25, 0.3) is 0 Å². The minimum atomic E-state index is -1.48. The Balaban J connectivity index is 2.46. The van der Waals surface area contributed by atoms with Crippen LogP contribution in [0.1, 0.15) is 20.3 Å².